The number of benzene rings is 1. The molecule has 0 fully saturated rings. The summed E-state index contributed by atoms with van der Waals surface area (Å²) in [6, 6.07) is 3.53. The molecule has 0 spiro atoms. The number of methoxy groups -OCH3 is 1. The lowest BCUT2D eigenvalue weighted by molar-refractivity contribution is -0.384. The first-order valence-corrected chi connectivity index (χ1v) is 5.52. The van der Waals surface area contributed by atoms with Crippen molar-refractivity contribution in [3.63, 3.8) is 0 Å². The Hall–Kier alpha value is -3.30. The number of nitrogens with two attached hydrogens (primary N) is 1. The topological polar surface area (TPSA) is 143 Å². The Balaban J connectivity index is 2.57. The zero-order valence-corrected chi connectivity index (χ0v) is 10.7. The Morgan fingerprint density at radius 2 is 2.14 bits per heavy atom. The lowest BCUT2D eigenvalue weighted by Crippen LogP contribution is -2.12. The molecular weight excluding hydrogens is 282 g/mol. The number of rotatable bonds is 4. The SMILES string of the molecule is COC(=O)c1ncn(-c2cc(C(N)=O)ccc2[N+](=O)[O-])n1. The molecule has 21 heavy (non-hydrogen) atoms. The minimum Gasteiger partial charge on any atom is -0.463 e. The van der Waals surface area contributed by atoms with Gasteiger partial charge in [-0.1, -0.05) is 0 Å². The molecule has 0 radical (unpaired) electrons. The molecule has 1 aromatic carbocycles. The zero-order chi connectivity index (χ0) is 15.6. The fourth-order valence-corrected chi connectivity index (χ4v) is 1.58. The highest BCUT2D eigenvalue weighted by Crippen LogP contribution is 2.23. The van der Waals surface area contributed by atoms with Gasteiger partial charge in [0.25, 0.3) is 11.5 Å². The quantitative estimate of drug-likeness (QED) is 0.476. The van der Waals surface area contributed by atoms with E-state index in [1.54, 1.807) is 0 Å². The Morgan fingerprint density at radius 1 is 1.43 bits per heavy atom. The minimum atomic E-state index is -0.789. The number of aromatic nitrogens is 3. The van der Waals surface area contributed by atoms with Crippen LogP contribution in [0.5, 0.6) is 0 Å². The number of amides is 1. The van der Waals surface area contributed by atoms with Crippen molar-refractivity contribution in [2.24, 2.45) is 5.73 Å². The van der Waals surface area contributed by atoms with Crippen LogP contribution in [0, 0.1) is 10.1 Å². The molecule has 108 valence electrons. The fourth-order valence-electron chi connectivity index (χ4n) is 1.58. The predicted molar refractivity (Wildman–Crippen MR) is 67.9 cm³/mol. The third-order valence-corrected chi connectivity index (χ3v) is 2.56. The third-order valence-electron chi connectivity index (χ3n) is 2.56. The van der Waals surface area contributed by atoms with E-state index >= 15 is 0 Å². The molecule has 0 aliphatic heterocycles. The van der Waals surface area contributed by atoms with Crippen LogP contribution in [-0.4, -0.2) is 38.7 Å². The van der Waals surface area contributed by atoms with Gasteiger partial charge in [-0.15, -0.1) is 5.10 Å². The molecule has 2 rings (SSSR count). The van der Waals surface area contributed by atoms with E-state index in [-0.39, 0.29) is 22.8 Å². The number of nitro benzene ring substituents is 1. The van der Waals surface area contributed by atoms with Crippen molar-refractivity contribution >= 4 is 17.6 Å². The van der Waals surface area contributed by atoms with Crippen molar-refractivity contribution in [3.05, 3.63) is 46.0 Å². The molecular formula is C11H9N5O5. The summed E-state index contributed by atoms with van der Waals surface area (Å²) in [5, 5.41) is 14.8. The number of nitrogens with zero attached hydrogens (tertiary/aromatic N) is 4. The van der Waals surface area contributed by atoms with E-state index in [0.717, 1.165) is 24.2 Å². The minimum absolute atomic E-state index is 0.0426. The summed E-state index contributed by atoms with van der Waals surface area (Å²) >= 11 is 0. The number of ether oxygens (including phenoxy) is 1. The van der Waals surface area contributed by atoms with Crippen LogP contribution in [-0.2, 0) is 4.74 Å². The van der Waals surface area contributed by atoms with E-state index in [1.165, 1.54) is 12.1 Å². The van der Waals surface area contributed by atoms with Gasteiger partial charge in [-0.05, 0) is 12.1 Å². The molecule has 0 aliphatic rings. The van der Waals surface area contributed by atoms with Gasteiger partial charge < -0.3 is 10.5 Å². The second kappa shape index (κ2) is 5.36. The maximum atomic E-state index is 11.3. The lowest BCUT2D eigenvalue weighted by Gasteiger charge is -2.04. The standard InChI is InChI=1S/C11H9N5O5/c1-21-11(18)10-13-5-15(14-10)8-4-6(9(12)17)2-3-7(8)16(19)20/h2-5H,1H3,(H2,12,17). The number of carbonyl (C=O) groups excluding carboxylic acids is 2. The van der Waals surface area contributed by atoms with Crippen molar-refractivity contribution in [1.29, 1.82) is 0 Å². The Labute approximate surface area is 117 Å². The molecule has 0 unspecified atom stereocenters. The van der Waals surface area contributed by atoms with E-state index in [2.05, 4.69) is 14.8 Å². The molecule has 1 amide bonds. The highest BCUT2D eigenvalue weighted by molar-refractivity contribution is 5.94. The molecule has 0 atom stereocenters. The number of hydrogen-bond acceptors (Lipinski definition) is 7. The monoisotopic (exact) mass is 291 g/mol. The second-order valence-corrected chi connectivity index (χ2v) is 3.83. The summed E-state index contributed by atoms with van der Waals surface area (Å²) in [6.07, 6.45) is 1.10. The third kappa shape index (κ3) is 2.68. The van der Waals surface area contributed by atoms with Crippen molar-refractivity contribution < 1.29 is 19.2 Å². The molecule has 2 aromatic rings. The van der Waals surface area contributed by atoms with Crippen LogP contribution >= 0.6 is 0 Å². The van der Waals surface area contributed by atoms with Crippen LogP contribution in [0.2, 0.25) is 0 Å². The molecule has 1 heterocycles. The second-order valence-electron chi connectivity index (χ2n) is 3.83. The summed E-state index contributed by atoms with van der Waals surface area (Å²) in [6.45, 7) is 0. The van der Waals surface area contributed by atoms with Crippen molar-refractivity contribution in [1.82, 2.24) is 14.8 Å². The summed E-state index contributed by atoms with van der Waals surface area (Å²) in [7, 11) is 1.15. The maximum absolute atomic E-state index is 11.3. The van der Waals surface area contributed by atoms with Crippen LogP contribution < -0.4 is 5.73 Å². The van der Waals surface area contributed by atoms with Crippen LogP contribution in [0.15, 0.2) is 24.5 Å². The Kier molecular flexibility index (Phi) is 3.61. The average Bonchev–Trinajstić information content (AvgIpc) is 2.95. The largest absolute Gasteiger partial charge is 0.463 e. The molecule has 10 nitrogen and oxygen atoms in total. The van der Waals surface area contributed by atoms with Gasteiger partial charge in [-0.3, -0.25) is 14.9 Å². The Morgan fingerprint density at radius 3 is 2.71 bits per heavy atom. The molecule has 0 saturated carbocycles. The number of primary amides is 1. The first-order chi connectivity index (χ1) is 9.93. The number of hydrogen-bond donors (Lipinski definition) is 1. The highest BCUT2D eigenvalue weighted by atomic mass is 16.6. The van der Waals surface area contributed by atoms with Crippen molar-refractivity contribution in [2.75, 3.05) is 7.11 Å². The van der Waals surface area contributed by atoms with Gasteiger partial charge in [0.15, 0.2) is 0 Å². The van der Waals surface area contributed by atoms with Crippen LogP contribution in [0.3, 0.4) is 0 Å². The molecule has 0 saturated heterocycles. The van der Waals surface area contributed by atoms with Gasteiger partial charge >= 0.3 is 5.97 Å². The molecule has 0 bridgehead atoms. The van der Waals surface area contributed by atoms with Crippen molar-refractivity contribution in [2.45, 2.75) is 0 Å². The summed E-state index contributed by atoms with van der Waals surface area (Å²) in [5.41, 5.74) is 4.83. The first kappa shape index (κ1) is 14.1. The van der Waals surface area contributed by atoms with E-state index < -0.39 is 16.8 Å². The lowest BCUT2D eigenvalue weighted by atomic mass is 10.1. The number of carbonyl (C=O) groups is 2. The van der Waals surface area contributed by atoms with E-state index in [9.17, 15) is 19.7 Å². The summed E-state index contributed by atoms with van der Waals surface area (Å²) in [5.74, 6) is -1.81. The first-order valence-electron chi connectivity index (χ1n) is 5.52. The van der Waals surface area contributed by atoms with Gasteiger partial charge in [0.05, 0.1) is 12.0 Å². The van der Waals surface area contributed by atoms with Crippen LogP contribution in [0.4, 0.5) is 5.69 Å². The van der Waals surface area contributed by atoms with Crippen LogP contribution in [0.25, 0.3) is 5.69 Å². The van der Waals surface area contributed by atoms with E-state index in [0.29, 0.717) is 0 Å². The number of nitro groups is 1. The smallest absolute Gasteiger partial charge is 0.377 e. The van der Waals surface area contributed by atoms with Gasteiger partial charge in [-0.25, -0.2) is 14.5 Å². The fraction of sp³-hybridized carbons (Fsp3) is 0.0909. The van der Waals surface area contributed by atoms with E-state index in [4.69, 9.17) is 5.73 Å². The van der Waals surface area contributed by atoms with Gasteiger partial charge in [-0.2, -0.15) is 0 Å². The predicted octanol–water partition coefficient (Wildman–Crippen LogP) is 0.0610. The molecule has 0 aliphatic carbocycles. The highest BCUT2D eigenvalue weighted by Gasteiger charge is 2.20. The normalized spacial score (nSPS) is 10.1. The number of esters is 1. The van der Waals surface area contributed by atoms with Gasteiger partial charge in [0.2, 0.25) is 5.91 Å². The summed E-state index contributed by atoms with van der Waals surface area (Å²) < 4.78 is 5.44. The molecule has 10 heteroatoms. The van der Waals surface area contributed by atoms with Crippen molar-refractivity contribution in [3.8, 4) is 5.69 Å². The average molecular weight is 291 g/mol. The molecule has 1 aromatic heterocycles. The van der Waals surface area contributed by atoms with E-state index in [1.807, 2.05) is 0 Å². The van der Waals surface area contributed by atoms with Crippen LogP contribution in [0.1, 0.15) is 21.0 Å². The zero-order valence-electron chi connectivity index (χ0n) is 10.7. The molecule has 2 N–H and O–H groups in total. The van der Waals surface area contributed by atoms with Gasteiger partial charge in [0, 0.05) is 11.6 Å². The summed E-state index contributed by atoms with van der Waals surface area (Å²) in [4.78, 5) is 36.5. The maximum Gasteiger partial charge on any atom is 0.377 e. The van der Waals surface area contributed by atoms with Gasteiger partial charge in [0.1, 0.15) is 12.0 Å². The Bertz CT molecular complexity index is 738.